The van der Waals surface area contributed by atoms with Crippen molar-refractivity contribution in [3.8, 4) is 0 Å². The van der Waals surface area contributed by atoms with Gasteiger partial charge >= 0.3 is 10.3 Å². The molecule has 1 saturated heterocycles. The van der Waals surface area contributed by atoms with Crippen molar-refractivity contribution in [3.63, 3.8) is 0 Å². The number of oxime groups is 1. The number of nitrogens with two attached hydrogens (primary N) is 1. The Morgan fingerprint density at radius 2 is 2.10 bits per heavy atom. The number of hydrogen-bond donors (Lipinski definition) is 3. The lowest BCUT2D eigenvalue weighted by Gasteiger charge is -2.42. The molecule has 16 heteroatoms. The fourth-order valence-electron chi connectivity index (χ4n) is 2.40. The second-order valence-corrected chi connectivity index (χ2v) is 8.19. The molecule has 4 N–H and O–H groups in total. The zero-order valence-electron chi connectivity index (χ0n) is 14.7. The Morgan fingerprint density at radius 3 is 2.59 bits per heavy atom. The highest BCUT2D eigenvalue weighted by atomic mass is 35.5. The zero-order chi connectivity index (χ0) is 22.1. The van der Waals surface area contributed by atoms with Crippen LogP contribution in [-0.2, 0) is 34.3 Å². The van der Waals surface area contributed by atoms with Crippen LogP contribution in [0.15, 0.2) is 10.5 Å². The third kappa shape index (κ3) is 4.52. The van der Waals surface area contributed by atoms with Gasteiger partial charge in [-0.2, -0.15) is 8.42 Å². The van der Waals surface area contributed by atoms with E-state index in [0.717, 1.165) is 25.4 Å². The number of nitrogens with zero attached hydrogens (tertiary/aromatic N) is 3. The Hall–Kier alpha value is -2.62. The molecule has 29 heavy (non-hydrogen) atoms. The number of amides is 3. The van der Waals surface area contributed by atoms with Gasteiger partial charge in [-0.15, -0.1) is 22.9 Å². The Kier molecular flexibility index (Phi) is 6.56. The summed E-state index contributed by atoms with van der Waals surface area (Å²) < 4.78 is 31.5. The third-order valence-electron chi connectivity index (χ3n) is 3.63. The van der Waals surface area contributed by atoms with Crippen LogP contribution in [0, 0.1) is 0 Å². The van der Waals surface area contributed by atoms with Crippen molar-refractivity contribution in [1.29, 1.82) is 0 Å². The summed E-state index contributed by atoms with van der Waals surface area (Å²) in [5.41, 5.74) is 4.57. The number of Topliss-reactive ketones (excluding diaryl/α,β-unsaturated/α-hetero) is 1. The molecule has 0 bridgehead atoms. The van der Waals surface area contributed by atoms with E-state index in [-0.39, 0.29) is 15.0 Å². The minimum atomic E-state index is -4.99. The van der Waals surface area contributed by atoms with Gasteiger partial charge in [0.1, 0.15) is 29.9 Å². The summed E-state index contributed by atoms with van der Waals surface area (Å²) in [6.45, 7) is 0.982. The highest BCUT2D eigenvalue weighted by Gasteiger charge is 2.56. The van der Waals surface area contributed by atoms with Crippen molar-refractivity contribution in [1.82, 2.24) is 14.6 Å². The number of thiazole rings is 1. The monoisotopic (exact) mass is 467 g/mol. The van der Waals surface area contributed by atoms with Crippen LogP contribution >= 0.6 is 22.9 Å². The quantitative estimate of drug-likeness (QED) is 0.132. The fraction of sp³-hybridized carbons (Fsp3) is 0.385. The van der Waals surface area contributed by atoms with Gasteiger partial charge in [-0.1, -0.05) is 5.16 Å². The number of carbonyl (C=O) groups excluding carboxylic acids is 4. The molecule has 0 aliphatic carbocycles. The summed E-state index contributed by atoms with van der Waals surface area (Å²) >= 11 is 6.70. The number of nitrogens with one attached hydrogen (secondary N) is 1. The number of ketones is 1. The topological polar surface area (TPSA) is 198 Å². The van der Waals surface area contributed by atoms with Gasteiger partial charge in [0, 0.05) is 5.38 Å². The van der Waals surface area contributed by atoms with Crippen molar-refractivity contribution in [2.75, 3.05) is 7.11 Å². The van der Waals surface area contributed by atoms with Crippen LogP contribution < -0.4 is 11.1 Å². The van der Waals surface area contributed by atoms with Crippen LogP contribution in [0.4, 0.5) is 0 Å². The van der Waals surface area contributed by atoms with E-state index in [2.05, 4.69) is 20.3 Å². The summed E-state index contributed by atoms with van der Waals surface area (Å²) in [5.74, 6) is -3.91. The molecule has 158 valence electrons. The lowest BCUT2D eigenvalue weighted by Crippen LogP contribution is -2.74. The highest BCUT2D eigenvalue weighted by Crippen LogP contribution is 2.26. The molecular formula is C13H14ClN5O8S2. The van der Waals surface area contributed by atoms with Crippen LogP contribution in [-0.4, -0.2) is 70.7 Å². The van der Waals surface area contributed by atoms with E-state index >= 15 is 0 Å². The molecule has 1 aromatic rings. The molecule has 0 saturated carbocycles. The summed E-state index contributed by atoms with van der Waals surface area (Å²) in [6.07, 6.45) is 0. The second kappa shape index (κ2) is 8.40. The van der Waals surface area contributed by atoms with Crippen LogP contribution in [0.3, 0.4) is 0 Å². The molecule has 0 aromatic carbocycles. The number of halogens is 1. The number of β-lactam (4-membered cyclic amide) rings is 1. The van der Waals surface area contributed by atoms with Crippen molar-refractivity contribution in [2.24, 2.45) is 10.9 Å². The molecule has 1 fully saturated rings. The first kappa shape index (κ1) is 22.7. The molecule has 0 spiro atoms. The SMILES string of the molecule is CON=C(C(=O)NC1C(=O)N(S(=O)(=O)O)C1C(C)=O)c1csc(C(Cl)C(N)=O)n1. The summed E-state index contributed by atoms with van der Waals surface area (Å²) in [7, 11) is -3.86. The molecule has 1 aliphatic heterocycles. The third-order valence-corrected chi connectivity index (χ3v) is 6.00. The number of aromatic nitrogens is 1. The standard InChI is InChI=1S/C13H14ClN5O8S2/c1-4(20)9-8(13(23)19(9)29(24,25)26)17-11(22)7(18-27-2)5-3-28-12(16-5)6(14)10(15)21/h3,6,8-9H,1-2H3,(H2,15,21)(H,17,22)(H,24,25,26). The van der Waals surface area contributed by atoms with Crippen LogP contribution in [0.25, 0.3) is 0 Å². The molecule has 3 unspecified atom stereocenters. The van der Waals surface area contributed by atoms with Crippen LogP contribution in [0.5, 0.6) is 0 Å². The smallest absolute Gasteiger partial charge is 0.363 e. The summed E-state index contributed by atoms with van der Waals surface area (Å²) in [6, 6.07) is -3.19. The van der Waals surface area contributed by atoms with Gasteiger partial charge in [0.2, 0.25) is 5.91 Å². The van der Waals surface area contributed by atoms with Gasteiger partial charge in [0.25, 0.3) is 11.8 Å². The zero-order valence-corrected chi connectivity index (χ0v) is 17.1. The molecule has 3 amide bonds. The Balaban J connectivity index is 2.27. The molecule has 1 aromatic heterocycles. The molecular weight excluding hydrogens is 454 g/mol. The van der Waals surface area contributed by atoms with Crippen molar-refractivity contribution in [2.45, 2.75) is 24.4 Å². The molecule has 1 aliphatic rings. The van der Waals surface area contributed by atoms with Crippen molar-refractivity contribution < 1.29 is 37.0 Å². The van der Waals surface area contributed by atoms with Gasteiger partial charge in [0.15, 0.2) is 16.9 Å². The Morgan fingerprint density at radius 1 is 1.48 bits per heavy atom. The molecule has 3 atom stereocenters. The Bertz CT molecular complexity index is 1010. The first-order chi connectivity index (χ1) is 13.4. The normalized spacial score (nSPS) is 20.6. The van der Waals surface area contributed by atoms with E-state index in [1.165, 1.54) is 5.38 Å². The number of primary amides is 1. The first-order valence-electron chi connectivity index (χ1n) is 7.52. The van der Waals surface area contributed by atoms with E-state index in [4.69, 9.17) is 21.9 Å². The molecule has 2 heterocycles. The second-order valence-electron chi connectivity index (χ2n) is 5.58. The lowest BCUT2D eigenvalue weighted by molar-refractivity contribution is -0.150. The Labute approximate surface area is 172 Å². The van der Waals surface area contributed by atoms with Gasteiger partial charge in [-0.25, -0.2) is 9.29 Å². The predicted molar refractivity (Wildman–Crippen MR) is 98.2 cm³/mol. The largest absolute Gasteiger partial charge is 0.398 e. The number of hydrogen-bond acceptors (Lipinski definition) is 10. The lowest BCUT2D eigenvalue weighted by atomic mass is 9.95. The minimum Gasteiger partial charge on any atom is -0.398 e. The molecule has 13 nitrogen and oxygen atoms in total. The van der Waals surface area contributed by atoms with Crippen LogP contribution in [0.2, 0.25) is 0 Å². The maximum Gasteiger partial charge on any atom is 0.363 e. The average Bonchev–Trinajstić information content (AvgIpc) is 3.08. The number of rotatable bonds is 8. The predicted octanol–water partition coefficient (Wildman–Crippen LogP) is -1.65. The minimum absolute atomic E-state index is 0.0423. The van der Waals surface area contributed by atoms with E-state index in [0.29, 0.717) is 0 Å². The maximum absolute atomic E-state index is 12.5. The fourth-order valence-corrected chi connectivity index (χ4v) is 4.28. The summed E-state index contributed by atoms with van der Waals surface area (Å²) in [4.78, 5) is 55.9. The number of alkyl halides is 1. The van der Waals surface area contributed by atoms with Gasteiger partial charge in [0.05, 0.1) is 0 Å². The van der Waals surface area contributed by atoms with Crippen molar-refractivity contribution in [3.05, 3.63) is 16.1 Å². The summed E-state index contributed by atoms with van der Waals surface area (Å²) in [5, 5.41) is 5.79. The first-order valence-corrected chi connectivity index (χ1v) is 10.2. The maximum atomic E-state index is 12.5. The highest BCUT2D eigenvalue weighted by molar-refractivity contribution is 7.84. The average molecular weight is 468 g/mol. The molecule has 2 rings (SSSR count). The van der Waals surface area contributed by atoms with Gasteiger partial charge < -0.3 is 15.9 Å². The van der Waals surface area contributed by atoms with E-state index in [1.807, 2.05) is 0 Å². The van der Waals surface area contributed by atoms with Gasteiger partial charge in [-0.05, 0) is 6.92 Å². The van der Waals surface area contributed by atoms with Crippen LogP contribution in [0.1, 0.15) is 23.0 Å². The van der Waals surface area contributed by atoms with E-state index in [9.17, 15) is 27.6 Å². The van der Waals surface area contributed by atoms with E-state index < -0.39 is 57.0 Å². The van der Waals surface area contributed by atoms with Gasteiger partial charge in [-0.3, -0.25) is 23.7 Å². The number of carbonyl (C=O) groups is 4. The van der Waals surface area contributed by atoms with Crippen molar-refractivity contribution >= 4 is 62.5 Å². The van der Waals surface area contributed by atoms with E-state index in [1.54, 1.807) is 0 Å². The molecule has 0 radical (unpaired) electrons.